The van der Waals surface area contributed by atoms with Crippen LogP contribution in [-0.2, 0) is 9.47 Å². The molecule has 0 spiro atoms. The fourth-order valence-corrected chi connectivity index (χ4v) is 1.48. The monoisotopic (exact) mass is 224 g/mol. The minimum Gasteiger partial charge on any atom is -0.461 e. The van der Waals surface area contributed by atoms with Gasteiger partial charge in [0, 0.05) is 5.41 Å². The number of rotatable bonds is 3. The standard InChI is InChI=1S/C12H13FO3/c1-12(6-15-7-12)8-16-11(14)9-4-2-3-5-10(9)13/h2-5H,6-8H2,1H3. The lowest BCUT2D eigenvalue weighted by molar-refractivity contribution is -0.127. The molecule has 0 unspecified atom stereocenters. The predicted molar refractivity (Wildman–Crippen MR) is 55.6 cm³/mol. The van der Waals surface area contributed by atoms with Crippen molar-refractivity contribution < 1.29 is 18.7 Å². The van der Waals surface area contributed by atoms with Crippen LogP contribution in [0.5, 0.6) is 0 Å². The van der Waals surface area contributed by atoms with Gasteiger partial charge in [-0.25, -0.2) is 9.18 Å². The summed E-state index contributed by atoms with van der Waals surface area (Å²) in [4.78, 5) is 11.5. The lowest BCUT2D eigenvalue weighted by Gasteiger charge is -2.37. The van der Waals surface area contributed by atoms with Crippen LogP contribution in [0.15, 0.2) is 24.3 Å². The van der Waals surface area contributed by atoms with Crippen molar-refractivity contribution in [2.24, 2.45) is 5.41 Å². The van der Waals surface area contributed by atoms with Crippen LogP contribution in [0.25, 0.3) is 0 Å². The van der Waals surface area contributed by atoms with Gasteiger partial charge in [-0.15, -0.1) is 0 Å². The van der Waals surface area contributed by atoms with E-state index in [9.17, 15) is 9.18 Å². The molecule has 0 amide bonds. The highest BCUT2D eigenvalue weighted by Crippen LogP contribution is 2.27. The molecule has 4 heteroatoms. The molecule has 0 N–H and O–H groups in total. The Morgan fingerprint density at radius 2 is 2.19 bits per heavy atom. The molecule has 3 nitrogen and oxygen atoms in total. The Kier molecular flexibility index (Phi) is 2.92. The van der Waals surface area contributed by atoms with Crippen LogP contribution in [0.4, 0.5) is 4.39 Å². The number of halogens is 1. The molecule has 0 aliphatic carbocycles. The second kappa shape index (κ2) is 4.22. The highest BCUT2D eigenvalue weighted by molar-refractivity contribution is 5.89. The quantitative estimate of drug-likeness (QED) is 0.737. The summed E-state index contributed by atoms with van der Waals surface area (Å²) < 4.78 is 23.3. The van der Waals surface area contributed by atoms with E-state index in [1.807, 2.05) is 6.92 Å². The molecule has 1 heterocycles. The first-order valence-electron chi connectivity index (χ1n) is 5.10. The second-order valence-electron chi connectivity index (χ2n) is 4.36. The normalized spacial score (nSPS) is 17.6. The second-order valence-corrected chi connectivity index (χ2v) is 4.36. The molecule has 0 saturated carbocycles. The molecule has 0 aromatic heterocycles. The Hall–Kier alpha value is -1.42. The van der Waals surface area contributed by atoms with Crippen molar-refractivity contribution in [1.82, 2.24) is 0 Å². The lowest BCUT2D eigenvalue weighted by Crippen LogP contribution is -2.44. The van der Waals surface area contributed by atoms with E-state index in [0.717, 1.165) is 0 Å². The van der Waals surface area contributed by atoms with Gasteiger partial charge in [0.25, 0.3) is 0 Å². The summed E-state index contributed by atoms with van der Waals surface area (Å²) in [5, 5.41) is 0. The topological polar surface area (TPSA) is 35.5 Å². The zero-order chi connectivity index (χ0) is 11.6. The summed E-state index contributed by atoms with van der Waals surface area (Å²) in [6, 6.07) is 5.79. The smallest absolute Gasteiger partial charge is 0.341 e. The molecule has 2 rings (SSSR count). The molecule has 1 fully saturated rings. The molecular formula is C12H13FO3. The average Bonchev–Trinajstić information content (AvgIpc) is 2.24. The molecule has 0 radical (unpaired) electrons. The maximum Gasteiger partial charge on any atom is 0.341 e. The van der Waals surface area contributed by atoms with Gasteiger partial charge in [0.15, 0.2) is 0 Å². The molecule has 16 heavy (non-hydrogen) atoms. The third-order valence-electron chi connectivity index (χ3n) is 2.55. The van der Waals surface area contributed by atoms with Crippen molar-refractivity contribution in [3.8, 4) is 0 Å². The first-order valence-corrected chi connectivity index (χ1v) is 5.10. The van der Waals surface area contributed by atoms with Crippen molar-refractivity contribution >= 4 is 5.97 Å². The van der Waals surface area contributed by atoms with Crippen LogP contribution in [0.3, 0.4) is 0 Å². The van der Waals surface area contributed by atoms with E-state index in [-0.39, 0.29) is 17.6 Å². The van der Waals surface area contributed by atoms with Crippen LogP contribution >= 0.6 is 0 Å². The van der Waals surface area contributed by atoms with E-state index >= 15 is 0 Å². The van der Waals surface area contributed by atoms with Crippen LogP contribution in [0.1, 0.15) is 17.3 Å². The van der Waals surface area contributed by atoms with Gasteiger partial charge < -0.3 is 9.47 Å². The van der Waals surface area contributed by atoms with E-state index in [4.69, 9.17) is 9.47 Å². The average molecular weight is 224 g/mol. The number of hydrogen-bond acceptors (Lipinski definition) is 3. The van der Waals surface area contributed by atoms with Gasteiger partial charge in [0.05, 0.1) is 18.8 Å². The fourth-order valence-electron chi connectivity index (χ4n) is 1.48. The zero-order valence-corrected chi connectivity index (χ0v) is 9.03. The fraction of sp³-hybridized carbons (Fsp3) is 0.417. The van der Waals surface area contributed by atoms with Gasteiger partial charge in [0.2, 0.25) is 0 Å². The summed E-state index contributed by atoms with van der Waals surface area (Å²) in [6.07, 6.45) is 0. The molecule has 1 aliphatic heterocycles. The number of hydrogen-bond donors (Lipinski definition) is 0. The minimum atomic E-state index is -0.619. The lowest BCUT2D eigenvalue weighted by atomic mass is 9.90. The highest BCUT2D eigenvalue weighted by atomic mass is 19.1. The summed E-state index contributed by atoms with van der Waals surface area (Å²) >= 11 is 0. The zero-order valence-electron chi connectivity index (χ0n) is 9.03. The van der Waals surface area contributed by atoms with Gasteiger partial charge in [-0.3, -0.25) is 0 Å². The largest absolute Gasteiger partial charge is 0.461 e. The van der Waals surface area contributed by atoms with E-state index in [0.29, 0.717) is 13.2 Å². The maximum absolute atomic E-state index is 13.2. The van der Waals surface area contributed by atoms with Crippen molar-refractivity contribution in [3.63, 3.8) is 0 Å². The Labute approximate surface area is 93.2 Å². The summed E-state index contributed by atoms with van der Waals surface area (Å²) in [5.74, 6) is -1.17. The number of ether oxygens (including phenoxy) is 2. The number of carbonyl (C=O) groups is 1. The maximum atomic E-state index is 13.2. The van der Waals surface area contributed by atoms with Gasteiger partial charge in [-0.05, 0) is 12.1 Å². The van der Waals surface area contributed by atoms with Crippen molar-refractivity contribution in [2.45, 2.75) is 6.92 Å². The van der Waals surface area contributed by atoms with Crippen molar-refractivity contribution in [1.29, 1.82) is 0 Å². The molecular weight excluding hydrogens is 211 g/mol. The highest BCUT2D eigenvalue weighted by Gasteiger charge is 2.35. The molecule has 1 aromatic carbocycles. The third-order valence-corrected chi connectivity index (χ3v) is 2.55. The molecule has 0 bridgehead atoms. The van der Waals surface area contributed by atoms with E-state index in [2.05, 4.69) is 0 Å². The Morgan fingerprint density at radius 3 is 2.75 bits per heavy atom. The van der Waals surface area contributed by atoms with Gasteiger partial charge in [-0.2, -0.15) is 0 Å². The molecule has 1 aliphatic rings. The first-order chi connectivity index (χ1) is 7.61. The summed E-state index contributed by atoms with van der Waals surface area (Å²) in [5.41, 5.74) is -0.132. The van der Waals surface area contributed by atoms with Crippen LogP contribution in [-0.4, -0.2) is 25.8 Å². The Bertz CT molecular complexity index is 399. The summed E-state index contributed by atoms with van der Waals surface area (Å²) in [6.45, 7) is 3.39. The number of esters is 1. The molecule has 86 valence electrons. The van der Waals surface area contributed by atoms with Gasteiger partial charge >= 0.3 is 5.97 Å². The number of carbonyl (C=O) groups excluding carboxylic acids is 1. The van der Waals surface area contributed by atoms with Crippen molar-refractivity contribution in [2.75, 3.05) is 19.8 Å². The van der Waals surface area contributed by atoms with E-state index in [1.165, 1.54) is 18.2 Å². The van der Waals surface area contributed by atoms with Crippen LogP contribution < -0.4 is 0 Å². The molecule has 1 aromatic rings. The predicted octanol–water partition coefficient (Wildman–Crippen LogP) is 2.02. The third kappa shape index (κ3) is 2.22. The Morgan fingerprint density at radius 1 is 1.50 bits per heavy atom. The minimum absolute atomic E-state index is 0.0219. The van der Waals surface area contributed by atoms with Crippen molar-refractivity contribution in [3.05, 3.63) is 35.6 Å². The summed E-state index contributed by atoms with van der Waals surface area (Å²) in [7, 11) is 0. The van der Waals surface area contributed by atoms with E-state index in [1.54, 1.807) is 6.07 Å². The first kappa shape index (κ1) is 11.1. The molecule has 0 atom stereocenters. The van der Waals surface area contributed by atoms with Gasteiger partial charge in [0.1, 0.15) is 12.4 Å². The SMILES string of the molecule is CC1(COC(=O)c2ccccc2F)COC1. The van der Waals surface area contributed by atoms with Crippen LogP contribution in [0.2, 0.25) is 0 Å². The Balaban J connectivity index is 1.96. The van der Waals surface area contributed by atoms with Crippen LogP contribution in [0, 0.1) is 11.2 Å². The van der Waals surface area contributed by atoms with E-state index < -0.39 is 11.8 Å². The molecule has 1 saturated heterocycles. The van der Waals surface area contributed by atoms with Gasteiger partial charge in [-0.1, -0.05) is 19.1 Å². The number of benzene rings is 1.